The van der Waals surface area contributed by atoms with Crippen LogP contribution in [0, 0.1) is 6.92 Å². The van der Waals surface area contributed by atoms with Crippen LogP contribution in [0.5, 0.6) is 5.75 Å². The molecule has 0 spiro atoms. The third-order valence-electron chi connectivity index (χ3n) is 4.28. The summed E-state index contributed by atoms with van der Waals surface area (Å²) in [6.07, 6.45) is 0. The van der Waals surface area contributed by atoms with E-state index in [0.717, 1.165) is 12.1 Å². The number of nitrogens with zero attached hydrogens (tertiary/aromatic N) is 2. The summed E-state index contributed by atoms with van der Waals surface area (Å²) in [6, 6.07) is 9.06. The van der Waals surface area contributed by atoms with Gasteiger partial charge in [0.1, 0.15) is 15.5 Å². The second-order valence-electron chi connectivity index (χ2n) is 6.33. The van der Waals surface area contributed by atoms with Crippen molar-refractivity contribution in [1.29, 1.82) is 0 Å². The Labute approximate surface area is 172 Å². The summed E-state index contributed by atoms with van der Waals surface area (Å²) in [6.45, 7) is 1.73. The van der Waals surface area contributed by atoms with Gasteiger partial charge in [-0.15, -0.1) is 0 Å². The summed E-state index contributed by atoms with van der Waals surface area (Å²) in [4.78, 5) is -1.11. The number of rotatable bonds is 5. The van der Waals surface area contributed by atoms with Crippen LogP contribution in [0.15, 0.2) is 62.5 Å². The van der Waals surface area contributed by atoms with E-state index in [1.807, 2.05) is 0 Å². The maximum absolute atomic E-state index is 11.8. The first kappa shape index (κ1) is 21.6. The third kappa shape index (κ3) is 4.26. The molecule has 3 rings (SSSR count). The fourth-order valence-corrected chi connectivity index (χ4v) is 4.31. The van der Waals surface area contributed by atoms with Crippen LogP contribution in [0.2, 0.25) is 0 Å². The zero-order chi connectivity index (χ0) is 22.3. The van der Waals surface area contributed by atoms with Gasteiger partial charge in [-0.2, -0.15) is 27.1 Å². The zero-order valence-corrected chi connectivity index (χ0v) is 17.4. The van der Waals surface area contributed by atoms with Gasteiger partial charge in [0.05, 0.1) is 24.2 Å². The van der Waals surface area contributed by atoms with Crippen LogP contribution in [-0.4, -0.2) is 33.1 Å². The summed E-state index contributed by atoms with van der Waals surface area (Å²) < 4.78 is 71.3. The van der Waals surface area contributed by atoms with Crippen molar-refractivity contribution in [2.45, 2.75) is 16.7 Å². The molecule has 0 saturated heterocycles. The largest absolute Gasteiger partial charge is 0.495 e. The van der Waals surface area contributed by atoms with Crippen molar-refractivity contribution in [2.24, 2.45) is 10.2 Å². The molecule has 0 fully saturated rings. The van der Waals surface area contributed by atoms with E-state index in [1.54, 1.807) is 13.0 Å². The lowest BCUT2D eigenvalue weighted by Gasteiger charge is -2.09. The summed E-state index contributed by atoms with van der Waals surface area (Å²) in [5.41, 5.74) is 7.13. The van der Waals surface area contributed by atoms with E-state index in [0.29, 0.717) is 22.7 Å². The summed E-state index contributed by atoms with van der Waals surface area (Å²) in [5.74, 6) is 0.448. The number of hydrogen-bond donors (Lipinski definition) is 3. The van der Waals surface area contributed by atoms with Gasteiger partial charge in [0.25, 0.3) is 20.2 Å². The fourth-order valence-electron chi connectivity index (χ4n) is 2.89. The lowest BCUT2D eigenvalue weighted by molar-refractivity contribution is 0.416. The second kappa shape index (κ2) is 7.65. The molecule has 0 radical (unpaired) electrons. The lowest BCUT2D eigenvalue weighted by Crippen LogP contribution is -2.03. The molecular formula is C18H17N3O7S2. The summed E-state index contributed by atoms with van der Waals surface area (Å²) in [7, 11) is -7.95. The number of methoxy groups -OCH3 is 1. The van der Waals surface area contributed by atoms with Crippen LogP contribution >= 0.6 is 0 Å². The molecule has 0 amide bonds. The molecule has 0 aromatic heterocycles. The van der Waals surface area contributed by atoms with Gasteiger partial charge in [-0.1, -0.05) is 12.1 Å². The molecule has 158 valence electrons. The van der Waals surface area contributed by atoms with E-state index < -0.39 is 30.0 Å². The lowest BCUT2D eigenvalue weighted by atomic mass is 10.1. The van der Waals surface area contributed by atoms with Crippen molar-refractivity contribution < 1.29 is 30.7 Å². The van der Waals surface area contributed by atoms with Gasteiger partial charge in [0.2, 0.25) is 0 Å². The minimum atomic E-state index is -4.74. The number of anilines is 1. The number of nitrogen functional groups attached to an aromatic ring is 1. The SMILES string of the molecule is COc1cc(C)c(N=Nc2cc(S(=O)(=O)O)c3cccc(S(=O)(=O)O)c3c2)cc1N. The van der Waals surface area contributed by atoms with Crippen molar-refractivity contribution in [3.8, 4) is 5.75 Å². The molecule has 0 bridgehead atoms. The Morgan fingerprint density at radius 2 is 1.57 bits per heavy atom. The normalized spacial score (nSPS) is 12.5. The van der Waals surface area contributed by atoms with Crippen molar-refractivity contribution in [1.82, 2.24) is 0 Å². The molecule has 3 aromatic carbocycles. The zero-order valence-electron chi connectivity index (χ0n) is 15.8. The quantitative estimate of drug-likeness (QED) is 0.300. The highest BCUT2D eigenvalue weighted by atomic mass is 32.2. The van der Waals surface area contributed by atoms with Crippen molar-refractivity contribution >= 4 is 48.1 Å². The van der Waals surface area contributed by atoms with Gasteiger partial charge in [0, 0.05) is 10.8 Å². The number of nitrogens with two attached hydrogens (primary N) is 1. The standard InChI is InChI=1S/C18H17N3O7S2/c1-10-6-16(28-2)14(19)9-15(10)21-20-11-7-13-12(18(8-11)30(25,26)27)4-3-5-17(13)29(22,23)24/h3-9H,19H2,1-2H3,(H,22,23,24)(H,25,26,27). The first-order chi connectivity index (χ1) is 13.9. The summed E-state index contributed by atoms with van der Waals surface area (Å²) >= 11 is 0. The Hall–Kier alpha value is -3.06. The Balaban J connectivity index is 2.25. The number of benzene rings is 3. The molecule has 4 N–H and O–H groups in total. The Morgan fingerprint density at radius 3 is 2.17 bits per heavy atom. The van der Waals surface area contributed by atoms with Crippen LogP contribution in [0.4, 0.5) is 17.1 Å². The number of fused-ring (bicyclic) bond motifs is 1. The highest BCUT2D eigenvalue weighted by Crippen LogP contribution is 2.35. The number of aryl methyl sites for hydroxylation is 1. The Morgan fingerprint density at radius 1 is 0.900 bits per heavy atom. The predicted molar refractivity (Wildman–Crippen MR) is 110 cm³/mol. The molecular weight excluding hydrogens is 434 g/mol. The van der Waals surface area contributed by atoms with E-state index in [2.05, 4.69) is 10.2 Å². The molecule has 3 aromatic rings. The van der Waals surface area contributed by atoms with Crippen molar-refractivity contribution in [3.63, 3.8) is 0 Å². The highest BCUT2D eigenvalue weighted by molar-refractivity contribution is 7.86. The molecule has 12 heteroatoms. The third-order valence-corrected chi connectivity index (χ3v) is 6.09. The maximum atomic E-state index is 11.8. The topological polar surface area (TPSA) is 169 Å². The van der Waals surface area contributed by atoms with E-state index in [1.165, 1.54) is 31.4 Å². The van der Waals surface area contributed by atoms with Gasteiger partial charge in [-0.25, -0.2) is 0 Å². The first-order valence-electron chi connectivity index (χ1n) is 8.29. The molecule has 0 saturated carbocycles. The number of ether oxygens (including phenoxy) is 1. The minimum Gasteiger partial charge on any atom is -0.495 e. The van der Waals surface area contributed by atoms with E-state index in [4.69, 9.17) is 10.5 Å². The highest BCUT2D eigenvalue weighted by Gasteiger charge is 2.21. The van der Waals surface area contributed by atoms with Gasteiger partial charge < -0.3 is 10.5 Å². The molecule has 0 atom stereocenters. The van der Waals surface area contributed by atoms with E-state index in [9.17, 15) is 25.9 Å². The van der Waals surface area contributed by atoms with E-state index in [-0.39, 0.29) is 16.5 Å². The molecule has 0 unspecified atom stereocenters. The van der Waals surface area contributed by atoms with Crippen LogP contribution in [-0.2, 0) is 20.2 Å². The van der Waals surface area contributed by atoms with Gasteiger partial charge in [0.15, 0.2) is 0 Å². The molecule has 0 aliphatic carbocycles. The summed E-state index contributed by atoms with van der Waals surface area (Å²) in [5, 5.41) is 7.75. The van der Waals surface area contributed by atoms with Gasteiger partial charge in [-0.3, -0.25) is 9.11 Å². The maximum Gasteiger partial charge on any atom is 0.295 e. The van der Waals surface area contributed by atoms with Crippen molar-refractivity contribution in [2.75, 3.05) is 12.8 Å². The molecule has 0 aliphatic rings. The Kier molecular flexibility index (Phi) is 5.52. The van der Waals surface area contributed by atoms with Crippen LogP contribution < -0.4 is 10.5 Å². The number of hydrogen-bond acceptors (Lipinski definition) is 8. The monoisotopic (exact) mass is 451 g/mol. The minimum absolute atomic E-state index is 0.0694. The van der Waals surface area contributed by atoms with Gasteiger partial charge >= 0.3 is 0 Å². The second-order valence-corrected chi connectivity index (χ2v) is 9.11. The van der Waals surface area contributed by atoms with Crippen LogP contribution in [0.25, 0.3) is 10.8 Å². The van der Waals surface area contributed by atoms with Gasteiger partial charge in [-0.05, 0) is 42.8 Å². The Bertz CT molecular complexity index is 1400. The molecule has 10 nitrogen and oxygen atoms in total. The van der Waals surface area contributed by atoms with Crippen molar-refractivity contribution in [3.05, 3.63) is 48.0 Å². The fraction of sp³-hybridized carbons (Fsp3) is 0.111. The molecule has 30 heavy (non-hydrogen) atoms. The molecule has 0 heterocycles. The van der Waals surface area contributed by atoms with E-state index >= 15 is 0 Å². The number of azo groups is 1. The average molecular weight is 451 g/mol. The first-order valence-corrected chi connectivity index (χ1v) is 11.2. The average Bonchev–Trinajstić information content (AvgIpc) is 2.65. The smallest absolute Gasteiger partial charge is 0.295 e. The van der Waals surface area contributed by atoms with Crippen LogP contribution in [0.1, 0.15) is 5.56 Å². The van der Waals surface area contributed by atoms with Crippen LogP contribution in [0.3, 0.4) is 0 Å². The molecule has 0 aliphatic heterocycles. The predicted octanol–water partition coefficient (Wildman–Crippen LogP) is 3.65.